The molecule has 33 heavy (non-hydrogen) atoms. The van der Waals surface area contributed by atoms with Gasteiger partial charge in [0.2, 0.25) is 5.91 Å². The minimum atomic E-state index is -0.115. The van der Waals surface area contributed by atoms with E-state index in [0.717, 1.165) is 57.9 Å². The maximum atomic E-state index is 12.3. The van der Waals surface area contributed by atoms with Gasteiger partial charge in [-0.3, -0.25) is 4.79 Å². The molecular weight excluding hydrogens is 414 g/mol. The van der Waals surface area contributed by atoms with Gasteiger partial charge in [0.25, 0.3) is 0 Å². The Morgan fingerprint density at radius 3 is 1.97 bits per heavy atom. The van der Waals surface area contributed by atoms with Crippen LogP contribution in [0.3, 0.4) is 0 Å². The minimum absolute atomic E-state index is 0.115. The van der Waals surface area contributed by atoms with Gasteiger partial charge in [-0.25, -0.2) is 19.5 Å². The third kappa shape index (κ3) is 5.94. The Hall–Kier alpha value is -2.84. The molecule has 0 atom stereocenters. The van der Waals surface area contributed by atoms with Crippen LogP contribution >= 0.6 is 0 Å². The standard InChI is InChI=1S/C25H37N7O/c1-6-29(7-2)14-16-31(17-15-30(8-3)9-4)22-12-10-21(11-13-22)24-28-23-18-26-19-27-25(23)32(24)20(5)33/h10-13,18-19H,6-9,14-17H2,1-5H3. The van der Waals surface area contributed by atoms with Gasteiger partial charge in [0.1, 0.15) is 17.7 Å². The highest BCUT2D eigenvalue weighted by Crippen LogP contribution is 2.26. The maximum Gasteiger partial charge on any atom is 0.230 e. The smallest absolute Gasteiger partial charge is 0.230 e. The van der Waals surface area contributed by atoms with Crippen LogP contribution in [-0.2, 0) is 0 Å². The van der Waals surface area contributed by atoms with Crippen molar-refractivity contribution in [3.8, 4) is 11.4 Å². The van der Waals surface area contributed by atoms with Crippen molar-refractivity contribution in [3.63, 3.8) is 0 Å². The van der Waals surface area contributed by atoms with Crippen LogP contribution < -0.4 is 4.90 Å². The Labute approximate surface area is 197 Å². The van der Waals surface area contributed by atoms with E-state index in [1.165, 1.54) is 18.9 Å². The van der Waals surface area contributed by atoms with Gasteiger partial charge in [0, 0.05) is 44.4 Å². The molecule has 2 heterocycles. The molecule has 0 N–H and O–H groups in total. The second kappa shape index (κ2) is 11.9. The zero-order valence-corrected chi connectivity index (χ0v) is 20.7. The van der Waals surface area contributed by atoms with Crippen molar-refractivity contribution in [2.24, 2.45) is 0 Å². The molecule has 1 aromatic carbocycles. The van der Waals surface area contributed by atoms with Gasteiger partial charge >= 0.3 is 0 Å². The number of nitrogens with zero attached hydrogens (tertiary/aromatic N) is 7. The van der Waals surface area contributed by atoms with E-state index >= 15 is 0 Å². The number of benzene rings is 1. The summed E-state index contributed by atoms with van der Waals surface area (Å²) < 4.78 is 1.56. The second-order valence-corrected chi connectivity index (χ2v) is 8.11. The lowest BCUT2D eigenvalue weighted by Crippen LogP contribution is -2.39. The number of hydrogen-bond donors (Lipinski definition) is 0. The number of imidazole rings is 1. The number of carbonyl (C=O) groups excluding carboxylic acids is 1. The van der Waals surface area contributed by atoms with E-state index in [1.54, 1.807) is 10.8 Å². The Kier molecular flexibility index (Phi) is 8.91. The summed E-state index contributed by atoms with van der Waals surface area (Å²) in [7, 11) is 0. The number of carbonyl (C=O) groups is 1. The van der Waals surface area contributed by atoms with Crippen molar-refractivity contribution in [2.45, 2.75) is 34.6 Å². The van der Waals surface area contributed by atoms with Crippen molar-refractivity contribution in [1.29, 1.82) is 0 Å². The van der Waals surface area contributed by atoms with E-state index < -0.39 is 0 Å². The molecule has 0 bridgehead atoms. The summed E-state index contributed by atoms with van der Waals surface area (Å²) in [4.78, 5) is 32.6. The lowest BCUT2D eigenvalue weighted by Gasteiger charge is -2.30. The predicted octanol–water partition coefficient (Wildman–Crippen LogP) is 3.64. The van der Waals surface area contributed by atoms with Crippen LogP contribution in [0.25, 0.3) is 22.6 Å². The average Bonchev–Trinajstić information content (AvgIpc) is 3.24. The SMILES string of the molecule is CCN(CC)CCN(CCN(CC)CC)c1ccc(-c2nc3cncnc3n2C(C)=O)cc1. The molecule has 0 fully saturated rings. The van der Waals surface area contributed by atoms with Crippen LogP contribution in [0.5, 0.6) is 0 Å². The fraction of sp³-hybridized carbons (Fsp3) is 0.520. The predicted molar refractivity (Wildman–Crippen MR) is 135 cm³/mol. The van der Waals surface area contributed by atoms with Gasteiger partial charge in [-0.1, -0.05) is 27.7 Å². The summed E-state index contributed by atoms with van der Waals surface area (Å²) in [5, 5.41) is 0. The molecule has 0 saturated carbocycles. The lowest BCUT2D eigenvalue weighted by atomic mass is 10.1. The highest BCUT2D eigenvalue weighted by molar-refractivity contribution is 5.91. The van der Waals surface area contributed by atoms with E-state index in [-0.39, 0.29) is 5.91 Å². The highest BCUT2D eigenvalue weighted by atomic mass is 16.1. The molecule has 178 valence electrons. The first-order valence-corrected chi connectivity index (χ1v) is 12.0. The Bertz CT molecular complexity index is 1010. The molecule has 0 amide bonds. The van der Waals surface area contributed by atoms with E-state index in [4.69, 9.17) is 0 Å². The number of aromatic nitrogens is 4. The van der Waals surface area contributed by atoms with Crippen molar-refractivity contribution in [1.82, 2.24) is 29.3 Å². The van der Waals surface area contributed by atoms with Gasteiger partial charge < -0.3 is 14.7 Å². The fourth-order valence-electron chi connectivity index (χ4n) is 4.12. The first-order valence-electron chi connectivity index (χ1n) is 12.0. The summed E-state index contributed by atoms with van der Waals surface area (Å²) in [5.41, 5.74) is 3.23. The first-order chi connectivity index (χ1) is 16.0. The maximum absolute atomic E-state index is 12.3. The molecule has 0 aliphatic carbocycles. The number of likely N-dealkylation sites (N-methyl/N-ethyl adjacent to an activating group) is 2. The van der Waals surface area contributed by atoms with Crippen molar-refractivity contribution < 1.29 is 4.79 Å². The molecule has 0 aliphatic heterocycles. The third-order valence-electron chi connectivity index (χ3n) is 6.29. The molecule has 3 rings (SSSR count). The Morgan fingerprint density at radius 1 is 0.879 bits per heavy atom. The van der Waals surface area contributed by atoms with E-state index in [0.29, 0.717) is 17.0 Å². The molecule has 0 spiro atoms. The topological polar surface area (TPSA) is 70.4 Å². The van der Waals surface area contributed by atoms with Gasteiger partial charge in [0.15, 0.2) is 5.65 Å². The first kappa shape index (κ1) is 24.8. The van der Waals surface area contributed by atoms with E-state index in [1.807, 2.05) is 12.1 Å². The van der Waals surface area contributed by atoms with Crippen LogP contribution in [0.4, 0.5) is 5.69 Å². The fourth-order valence-corrected chi connectivity index (χ4v) is 4.12. The van der Waals surface area contributed by atoms with Gasteiger partial charge in [-0.2, -0.15) is 0 Å². The van der Waals surface area contributed by atoms with Crippen LogP contribution in [0.1, 0.15) is 39.4 Å². The summed E-state index contributed by atoms with van der Waals surface area (Å²) in [5.74, 6) is 0.484. The normalized spacial score (nSPS) is 11.6. The van der Waals surface area contributed by atoms with E-state index in [2.05, 4.69) is 69.5 Å². The van der Waals surface area contributed by atoms with Crippen molar-refractivity contribution >= 4 is 22.8 Å². The quantitative estimate of drug-likeness (QED) is 0.416. The summed E-state index contributed by atoms with van der Waals surface area (Å²) in [6, 6.07) is 8.36. The molecule has 0 radical (unpaired) electrons. The molecular formula is C25H37N7O. The van der Waals surface area contributed by atoms with Crippen LogP contribution in [-0.4, -0.2) is 87.6 Å². The van der Waals surface area contributed by atoms with Crippen LogP contribution in [0.15, 0.2) is 36.8 Å². The Balaban J connectivity index is 1.87. The lowest BCUT2D eigenvalue weighted by molar-refractivity contribution is 0.0942. The summed E-state index contributed by atoms with van der Waals surface area (Å²) in [6.07, 6.45) is 3.09. The second-order valence-electron chi connectivity index (χ2n) is 8.11. The average molecular weight is 452 g/mol. The zero-order valence-electron chi connectivity index (χ0n) is 20.7. The van der Waals surface area contributed by atoms with E-state index in [9.17, 15) is 4.79 Å². The summed E-state index contributed by atoms with van der Waals surface area (Å²) in [6.45, 7) is 18.6. The summed E-state index contributed by atoms with van der Waals surface area (Å²) >= 11 is 0. The molecule has 0 unspecified atom stereocenters. The van der Waals surface area contributed by atoms with Crippen molar-refractivity contribution in [2.75, 3.05) is 57.3 Å². The monoisotopic (exact) mass is 451 g/mol. The van der Waals surface area contributed by atoms with Crippen molar-refractivity contribution in [3.05, 3.63) is 36.8 Å². The molecule has 8 heteroatoms. The molecule has 3 aromatic rings. The molecule has 0 saturated heterocycles. The van der Waals surface area contributed by atoms with Crippen LogP contribution in [0.2, 0.25) is 0 Å². The number of rotatable bonds is 12. The van der Waals surface area contributed by atoms with Gasteiger partial charge in [-0.05, 0) is 50.4 Å². The third-order valence-corrected chi connectivity index (χ3v) is 6.29. The zero-order chi connectivity index (χ0) is 23.8. The van der Waals surface area contributed by atoms with Crippen LogP contribution in [0, 0.1) is 0 Å². The largest absolute Gasteiger partial charge is 0.369 e. The molecule has 2 aromatic heterocycles. The minimum Gasteiger partial charge on any atom is -0.369 e. The highest BCUT2D eigenvalue weighted by Gasteiger charge is 2.17. The number of fused-ring (bicyclic) bond motifs is 1. The van der Waals surface area contributed by atoms with Gasteiger partial charge in [-0.15, -0.1) is 0 Å². The molecule has 0 aliphatic rings. The number of anilines is 1. The number of hydrogen-bond acceptors (Lipinski definition) is 7. The molecule has 8 nitrogen and oxygen atoms in total. The van der Waals surface area contributed by atoms with Gasteiger partial charge in [0.05, 0.1) is 6.20 Å². The Morgan fingerprint density at radius 2 is 1.45 bits per heavy atom.